The lowest BCUT2D eigenvalue weighted by molar-refractivity contribution is -0.125. The summed E-state index contributed by atoms with van der Waals surface area (Å²) in [7, 11) is 0. The number of rotatable bonds is 5. The van der Waals surface area contributed by atoms with Crippen LogP contribution in [-0.2, 0) is 4.79 Å². The van der Waals surface area contributed by atoms with Crippen LogP contribution in [-0.4, -0.2) is 21.8 Å². The number of anilines is 1. The molecule has 0 aliphatic heterocycles. The highest BCUT2D eigenvalue weighted by Gasteiger charge is 2.29. The normalized spacial score (nSPS) is 16.1. The Morgan fingerprint density at radius 2 is 2.31 bits per heavy atom. The molecule has 0 saturated heterocycles. The van der Waals surface area contributed by atoms with Gasteiger partial charge in [-0.1, -0.05) is 0 Å². The first kappa shape index (κ1) is 11.3. The van der Waals surface area contributed by atoms with Crippen LogP contribution in [0.1, 0.15) is 38.4 Å². The number of nitrogens with zero attached hydrogens (tertiary/aromatic N) is 2. The fraction of sp³-hybridized carbons (Fsp3) is 0.700. The van der Waals surface area contributed by atoms with Gasteiger partial charge in [0.1, 0.15) is 5.82 Å². The van der Waals surface area contributed by atoms with Gasteiger partial charge in [-0.15, -0.1) is 0 Å². The molecule has 5 nitrogen and oxygen atoms in total. The van der Waals surface area contributed by atoms with Gasteiger partial charge in [-0.25, -0.2) is 4.98 Å². The van der Waals surface area contributed by atoms with Gasteiger partial charge in [0.2, 0.25) is 11.0 Å². The van der Waals surface area contributed by atoms with Crippen molar-refractivity contribution in [1.82, 2.24) is 9.36 Å². The number of nitrogens with two attached hydrogens (primary N) is 1. The van der Waals surface area contributed by atoms with Gasteiger partial charge in [-0.05, 0) is 26.7 Å². The highest BCUT2D eigenvalue weighted by molar-refractivity contribution is 7.09. The standard InChI is InChI=1S/C10H16N4OS/c1-10(2,8(11)15)5-12-9-13-7(14-16-9)6-3-4-6/h6H,3-5H2,1-2H3,(H2,11,15)(H,12,13,14). The van der Waals surface area contributed by atoms with Gasteiger partial charge in [-0.3, -0.25) is 4.79 Å². The molecule has 0 aromatic carbocycles. The van der Waals surface area contributed by atoms with Gasteiger partial charge in [0, 0.05) is 24.0 Å². The predicted molar refractivity (Wildman–Crippen MR) is 63.3 cm³/mol. The molecule has 1 saturated carbocycles. The molecule has 0 unspecified atom stereocenters. The minimum Gasteiger partial charge on any atom is -0.369 e. The molecule has 1 aliphatic rings. The monoisotopic (exact) mass is 240 g/mol. The Labute approximate surface area is 98.6 Å². The molecule has 88 valence electrons. The van der Waals surface area contributed by atoms with Crippen molar-refractivity contribution in [3.8, 4) is 0 Å². The van der Waals surface area contributed by atoms with Crippen molar-refractivity contribution in [2.24, 2.45) is 11.1 Å². The molecular weight excluding hydrogens is 224 g/mol. The molecular formula is C10H16N4OS. The van der Waals surface area contributed by atoms with Crippen LogP contribution < -0.4 is 11.1 Å². The van der Waals surface area contributed by atoms with Crippen LogP contribution >= 0.6 is 11.5 Å². The summed E-state index contributed by atoms with van der Waals surface area (Å²) < 4.78 is 4.28. The van der Waals surface area contributed by atoms with Gasteiger partial charge in [0.05, 0.1) is 5.41 Å². The number of carbonyl (C=O) groups excluding carboxylic acids is 1. The van der Waals surface area contributed by atoms with E-state index in [1.54, 1.807) is 0 Å². The molecule has 1 aliphatic carbocycles. The highest BCUT2D eigenvalue weighted by atomic mass is 32.1. The van der Waals surface area contributed by atoms with Crippen molar-refractivity contribution < 1.29 is 4.79 Å². The Hall–Kier alpha value is -1.17. The van der Waals surface area contributed by atoms with Crippen LogP contribution in [0.25, 0.3) is 0 Å². The zero-order valence-electron chi connectivity index (χ0n) is 9.49. The third-order valence-electron chi connectivity index (χ3n) is 2.73. The Bertz CT molecular complexity index is 397. The summed E-state index contributed by atoms with van der Waals surface area (Å²) in [5, 5.41) is 3.89. The average Bonchev–Trinajstić information content (AvgIpc) is 2.95. The molecule has 0 spiro atoms. The molecule has 1 amide bonds. The topological polar surface area (TPSA) is 80.9 Å². The number of aromatic nitrogens is 2. The molecule has 1 fully saturated rings. The number of hydrogen-bond donors (Lipinski definition) is 2. The molecule has 0 atom stereocenters. The molecule has 1 aromatic rings. The maximum atomic E-state index is 11.1. The summed E-state index contributed by atoms with van der Waals surface area (Å²) in [5.41, 5.74) is 4.72. The fourth-order valence-electron chi connectivity index (χ4n) is 1.20. The minimum atomic E-state index is -0.564. The van der Waals surface area contributed by atoms with Gasteiger partial charge < -0.3 is 11.1 Å². The molecule has 1 heterocycles. The fourth-order valence-corrected chi connectivity index (χ4v) is 1.84. The van der Waals surface area contributed by atoms with Crippen molar-refractivity contribution in [1.29, 1.82) is 0 Å². The van der Waals surface area contributed by atoms with Crippen LogP contribution in [0.2, 0.25) is 0 Å². The molecule has 0 radical (unpaired) electrons. The Balaban J connectivity index is 1.91. The zero-order valence-corrected chi connectivity index (χ0v) is 10.3. The molecule has 1 aromatic heterocycles. The van der Waals surface area contributed by atoms with E-state index in [1.165, 1.54) is 24.4 Å². The van der Waals surface area contributed by atoms with E-state index in [0.717, 1.165) is 11.0 Å². The van der Waals surface area contributed by atoms with Crippen molar-refractivity contribution in [3.05, 3.63) is 5.82 Å². The van der Waals surface area contributed by atoms with E-state index in [0.29, 0.717) is 12.5 Å². The van der Waals surface area contributed by atoms with E-state index in [-0.39, 0.29) is 5.91 Å². The first-order valence-electron chi connectivity index (χ1n) is 5.36. The van der Waals surface area contributed by atoms with Crippen LogP contribution in [0.3, 0.4) is 0 Å². The Kier molecular flexibility index (Phi) is 2.84. The van der Waals surface area contributed by atoms with Crippen LogP contribution in [0, 0.1) is 5.41 Å². The van der Waals surface area contributed by atoms with Gasteiger partial charge in [0.15, 0.2) is 0 Å². The smallest absolute Gasteiger partial charge is 0.224 e. The second kappa shape index (κ2) is 4.01. The van der Waals surface area contributed by atoms with Crippen LogP contribution in [0.4, 0.5) is 5.13 Å². The number of hydrogen-bond acceptors (Lipinski definition) is 5. The van der Waals surface area contributed by atoms with Crippen molar-refractivity contribution >= 4 is 22.6 Å². The van der Waals surface area contributed by atoms with E-state index in [4.69, 9.17) is 5.73 Å². The summed E-state index contributed by atoms with van der Waals surface area (Å²) >= 11 is 1.35. The Morgan fingerprint density at radius 1 is 1.62 bits per heavy atom. The quantitative estimate of drug-likeness (QED) is 0.813. The summed E-state index contributed by atoms with van der Waals surface area (Å²) in [6.07, 6.45) is 2.39. The number of nitrogens with one attached hydrogen (secondary N) is 1. The predicted octanol–water partition coefficient (Wildman–Crippen LogP) is 1.34. The van der Waals surface area contributed by atoms with Gasteiger partial charge in [-0.2, -0.15) is 4.37 Å². The lowest BCUT2D eigenvalue weighted by Gasteiger charge is -2.19. The number of carbonyl (C=O) groups is 1. The molecule has 6 heteroatoms. The Morgan fingerprint density at radius 3 is 2.88 bits per heavy atom. The molecule has 3 N–H and O–H groups in total. The lowest BCUT2D eigenvalue weighted by atomic mass is 9.93. The average molecular weight is 240 g/mol. The number of primary amides is 1. The summed E-state index contributed by atoms with van der Waals surface area (Å²) in [5.74, 6) is 1.19. The van der Waals surface area contributed by atoms with E-state index in [1.807, 2.05) is 13.8 Å². The van der Waals surface area contributed by atoms with Gasteiger partial charge in [0.25, 0.3) is 0 Å². The summed E-state index contributed by atoms with van der Waals surface area (Å²) in [6.45, 7) is 4.11. The van der Waals surface area contributed by atoms with Gasteiger partial charge >= 0.3 is 0 Å². The third kappa shape index (κ3) is 2.49. The maximum Gasteiger partial charge on any atom is 0.224 e. The minimum absolute atomic E-state index is 0.313. The first-order chi connectivity index (χ1) is 7.49. The zero-order chi connectivity index (χ0) is 11.8. The SMILES string of the molecule is CC(C)(CNc1nc(C2CC2)ns1)C(N)=O. The molecule has 0 bridgehead atoms. The van der Waals surface area contributed by atoms with Crippen molar-refractivity contribution in [2.75, 3.05) is 11.9 Å². The first-order valence-corrected chi connectivity index (χ1v) is 6.14. The summed E-state index contributed by atoms with van der Waals surface area (Å²) in [6, 6.07) is 0. The molecule has 16 heavy (non-hydrogen) atoms. The third-order valence-corrected chi connectivity index (χ3v) is 3.42. The lowest BCUT2D eigenvalue weighted by Crippen LogP contribution is -2.37. The summed E-state index contributed by atoms with van der Waals surface area (Å²) in [4.78, 5) is 15.5. The highest BCUT2D eigenvalue weighted by Crippen LogP contribution is 2.39. The molecule has 2 rings (SSSR count). The number of amides is 1. The van der Waals surface area contributed by atoms with E-state index in [9.17, 15) is 4.79 Å². The van der Waals surface area contributed by atoms with E-state index >= 15 is 0 Å². The van der Waals surface area contributed by atoms with E-state index in [2.05, 4.69) is 14.7 Å². The maximum absolute atomic E-state index is 11.1. The van der Waals surface area contributed by atoms with Crippen molar-refractivity contribution in [2.45, 2.75) is 32.6 Å². The van der Waals surface area contributed by atoms with Crippen LogP contribution in [0.5, 0.6) is 0 Å². The second-order valence-electron chi connectivity index (χ2n) is 4.83. The second-order valence-corrected chi connectivity index (χ2v) is 5.59. The van der Waals surface area contributed by atoms with Crippen LogP contribution in [0.15, 0.2) is 0 Å². The van der Waals surface area contributed by atoms with E-state index < -0.39 is 5.41 Å². The largest absolute Gasteiger partial charge is 0.369 e. The van der Waals surface area contributed by atoms with Crippen molar-refractivity contribution in [3.63, 3.8) is 0 Å².